The molecule has 0 N–H and O–H groups in total. The van der Waals surface area contributed by atoms with Crippen molar-refractivity contribution < 1.29 is 9.53 Å². The minimum absolute atomic E-state index is 0.179. The lowest BCUT2D eigenvalue weighted by molar-refractivity contribution is -0.186. The Morgan fingerprint density at radius 1 is 1.33 bits per heavy atom. The second-order valence-electron chi connectivity index (χ2n) is 3.04. The van der Waals surface area contributed by atoms with Gasteiger partial charge in [-0.15, -0.1) is 0 Å². The van der Waals surface area contributed by atoms with Crippen LogP contribution in [0.1, 0.15) is 27.2 Å². The number of fused-ring (bicyclic) bond motifs is 2. The number of hydrogen-bond acceptors (Lipinski definition) is 2. The van der Waals surface area contributed by atoms with Gasteiger partial charge in [0.15, 0.2) is 0 Å². The molecule has 0 radical (unpaired) electrons. The molecule has 3 heteroatoms. The molecule has 2 atom stereocenters. The monoisotopic (exact) mass is 171 g/mol. The molecule has 0 saturated carbocycles. The Balaban J connectivity index is 0.000000336. The van der Waals surface area contributed by atoms with Crippen LogP contribution in [0.2, 0.25) is 0 Å². The van der Waals surface area contributed by atoms with E-state index in [4.69, 9.17) is 4.74 Å². The molecular weight excluding hydrogens is 154 g/mol. The number of carbonyl (C=O) groups excluding carboxylic acids is 1. The molecular formula is C9H17NO2. The van der Waals surface area contributed by atoms with Crippen molar-refractivity contribution in [1.29, 1.82) is 0 Å². The van der Waals surface area contributed by atoms with E-state index in [9.17, 15) is 4.79 Å². The number of ether oxygens (including phenoxy) is 1. The van der Waals surface area contributed by atoms with Crippen LogP contribution in [-0.2, 0) is 9.53 Å². The zero-order valence-corrected chi connectivity index (χ0v) is 8.04. The van der Waals surface area contributed by atoms with E-state index in [2.05, 4.69) is 0 Å². The van der Waals surface area contributed by atoms with E-state index in [1.165, 1.54) is 0 Å². The molecule has 0 aromatic carbocycles. The molecule has 3 aliphatic heterocycles. The fourth-order valence-electron chi connectivity index (χ4n) is 1.61. The van der Waals surface area contributed by atoms with Gasteiger partial charge in [0.2, 0.25) is 5.91 Å². The molecule has 3 aliphatic rings. The Hall–Kier alpha value is -0.570. The first-order valence-corrected chi connectivity index (χ1v) is 4.66. The Morgan fingerprint density at radius 3 is 2.00 bits per heavy atom. The van der Waals surface area contributed by atoms with Gasteiger partial charge < -0.3 is 9.64 Å². The van der Waals surface area contributed by atoms with Crippen molar-refractivity contribution in [2.45, 2.75) is 39.4 Å². The summed E-state index contributed by atoms with van der Waals surface area (Å²) < 4.78 is 5.36. The summed E-state index contributed by atoms with van der Waals surface area (Å²) >= 11 is 0. The van der Waals surface area contributed by atoms with Crippen LogP contribution in [0.5, 0.6) is 0 Å². The summed E-state index contributed by atoms with van der Waals surface area (Å²) in [7, 11) is 0. The van der Waals surface area contributed by atoms with Crippen molar-refractivity contribution in [2.24, 2.45) is 0 Å². The Labute approximate surface area is 73.7 Å². The highest BCUT2D eigenvalue weighted by molar-refractivity contribution is 5.73. The topological polar surface area (TPSA) is 29.5 Å². The van der Waals surface area contributed by atoms with Crippen molar-refractivity contribution in [3.8, 4) is 0 Å². The summed E-state index contributed by atoms with van der Waals surface area (Å²) in [6, 6.07) is 0. The SMILES string of the molecule is CC.CC(=O)N1CC2CC(C1)O2. The average Bonchev–Trinajstić information content (AvgIpc) is 2.07. The summed E-state index contributed by atoms with van der Waals surface area (Å²) in [6.45, 7) is 7.24. The van der Waals surface area contributed by atoms with Crippen LogP contribution in [0.15, 0.2) is 0 Å². The van der Waals surface area contributed by atoms with Gasteiger partial charge in [-0.05, 0) is 0 Å². The van der Waals surface area contributed by atoms with E-state index in [1.54, 1.807) is 6.92 Å². The van der Waals surface area contributed by atoms with Gasteiger partial charge in [-0.25, -0.2) is 0 Å². The van der Waals surface area contributed by atoms with Crippen LogP contribution in [0, 0.1) is 0 Å². The summed E-state index contributed by atoms with van der Waals surface area (Å²) in [4.78, 5) is 12.7. The first kappa shape index (κ1) is 9.52. The Morgan fingerprint density at radius 2 is 1.75 bits per heavy atom. The van der Waals surface area contributed by atoms with Crippen LogP contribution in [-0.4, -0.2) is 36.1 Å². The van der Waals surface area contributed by atoms with E-state index in [0.717, 1.165) is 19.5 Å². The Bertz CT molecular complexity index is 154. The number of carbonyl (C=O) groups is 1. The van der Waals surface area contributed by atoms with Crippen LogP contribution >= 0.6 is 0 Å². The van der Waals surface area contributed by atoms with Gasteiger partial charge in [-0.2, -0.15) is 0 Å². The normalized spacial score (nSPS) is 31.4. The van der Waals surface area contributed by atoms with E-state index in [-0.39, 0.29) is 5.91 Å². The predicted molar refractivity (Wildman–Crippen MR) is 46.9 cm³/mol. The lowest BCUT2D eigenvalue weighted by Crippen LogP contribution is -2.58. The van der Waals surface area contributed by atoms with Crippen molar-refractivity contribution in [2.75, 3.05) is 13.1 Å². The summed E-state index contributed by atoms with van der Waals surface area (Å²) in [5.41, 5.74) is 0. The molecule has 2 unspecified atom stereocenters. The van der Waals surface area contributed by atoms with E-state index >= 15 is 0 Å². The first-order chi connectivity index (χ1) is 5.75. The van der Waals surface area contributed by atoms with E-state index in [0.29, 0.717) is 12.2 Å². The lowest BCUT2D eigenvalue weighted by atomic mass is 9.99. The van der Waals surface area contributed by atoms with Gasteiger partial charge in [0.25, 0.3) is 0 Å². The number of hydrogen-bond donors (Lipinski definition) is 0. The minimum Gasteiger partial charge on any atom is -0.371 e. The standard InChI is InChI=1S/C7H11NO2.C2H6/c1-5(9)8-3-6-2-7(4-8)10-6;1-2/h6-7H,2-4H2,1H3;1-2H3. The molecule has 0 aromatic rings. The van der Waals surface area contributed by atoms with Crippen LogP contribution in [0.25, 0.3) is 0 Å². The molecule has 1 amide bonds. The van der Waals surface area contributed by atoms with Crippen molar-refractivity contribution in [1.82, 2.24) is 4.90 Å². The van der Waals surface area contributed by atoms with Crippen molar-refractivity contribution in [3.63, 3.8) is 0 Å². The highest BCUT2D eigenvalue weighted by atomic mass is 16.5. The third-order valence-corrected chi connectivity index (χ3v) is 2.20. The molecule has 2 bridgehead atoms. The maximum absolute atomic E-state index is 10.8. The van der Waals surface area contributed by atoms with Gasteiger partial charge in [-0.3, -0.25) is 4.79 Å². The second kappa shape index (κ2) is 3.90. The molecule has 0 aliphatic carbocycles. The summed E-state index contributed by atoms with van der Waals surface area (Å²) in [6.07, 6.45) is 1.86. The van der Waals surface area contributed by atoms with Crippen LogP contribution < -0.4 is 0 Å². The number of nitrogens with zero attached hydrogens (tertiary/aromatic N) is 1. The van der Waals surface area contributed by atoms with Gasteiger partial charge in [0, 0.05) is 26.4 Å². The largest absolute Gasteiger partial charge is 0.371 e. The molecule has 70 valence electrons. The molecule has 3 saturated heterocycles. The Kier molecular flexibility index (Phi) is 3.09. The van der Waals surface area contributed by atoms with E-state index in [1.807, 2.05) is 18.7 Å². The van der Waals surface area contributed by atoms with Gasteiger partial charge in [0.1, 0.15) is 0 Å². The maximum atomic E-state index is 10.8. The zero-order valence-electron chi connectivity index (χ0n) is 8.04. The molecule has 0 spiro atoms. The number of morpholine rings is 1. The molecule has 3 fully saturated rings. The van der Waals surface area contributed by atoms with Crippen LogP contribution in [0.4, 0.5) is 0 Å². The smallest absolute Gasteiger partial charge is 0.219 e. The lowest BCUT2D eigenvalue weighted by Gasteiger charge is -2.46. The van der Waals surface area contributed by atoms with Crippen molar-refractivity contribution in [3.05, 3.63) is 0 Å². The maximum Gasteiger partial charge on any atom is 0.219 e. The third-order valence-electron chi connectivity index (χ3n) is 2.20. The van der Waals surface area contributed by atoms with Gasteiger partial charge in [0.05, 0.1) is 12.2 Å². The summed E-state index contributed by atoms with van der Waals surface area (Å²) in [5, 5.41) is 0. The minimum atomic E-state index is 0.179. The summed E-state index contributed by atoms with van der Waals surface area (Å²) in [5.74, 6) is 0.179. The molecule has 3 rings (SSSR count). The second-order valence-corrected chi connectivity index (χ2v) is 3.04. The van der Waals surface area contributed by atoms with E-state index < -0.39 is 0 Å². The fourth-order valence-corrected chi connectivity index (χ4v) is 1.61. The third kappa shape index (κ3) is 1.78. The van der Waals surface area contributed by atoms with Crippen molar-refractivity contribution >= 4 is 5.91 Å². The molecule has 0 aromatic heterocycles. The predicted octanol–water partition coefficient (Wildman–Crippen LogP) is 1.03. The van der Waals surface area contributed by atoms with Crippen LogP contribution in [0.3, 0.4) is 0 Å². The first-order valence-electron chi connectivity index (χ1n) is 4.66. The quantitative estimate of drug-likeness (QED) is 0.545. The molecule has 3 nitrogen and oxygen atoms in total. The number of amides is 1. The molecule has 12 heavy (non-hydrogen) atoms. The highest BCUT2D eigenvalue weighted by Crippen LogP contribution is 2.27. The molecule has 3 heterocycles. The van der Waals surface area contributed by atoms with Gasteiger partial charge in [-0.1, -0.05) is 13.8 Å². The van der Waals surface area contributed by atoms with Gasteiger partial charge >= 0.3 is 0 Å². The number of piperidine rings is 1. The zero-order chi connectivity index (χ0) is 9.14. The number of rotatable bonds is 0. The fraction of sp³-hybridized carbons (Fsp3) is 0.889. The average molecular weight is 171 g/mol. The highest BCUT2D eigenvalue weighted by Gasteiger charge is 2.38.